The van der Waals surface area contributed by atoms with Gasteiger partial charge in [-0.15, -0.1) is 11.3 Å². The average molecular weight is 634 g/mol. The number of pyridine rings is 1. The van der Waals surface area contributed by atoms with Gasteiger partial charge in [0, 0.05) is 23.7 Å². The van der Waals surface area contributed by atoms with Gasteiger partial charge >= 0.3 is 0 Å². The summed E-state index contributed by atoms with van der Waals surface area (Å²) in [4.78, 5) is 23.4. The number of thiazole rings is 1. The Hall–Kier alpha value is -4.82. The third kappa shape index (κ3) is 4.75. The molecule has 2 aromatic carbocycles. The summed E-state index contributed by atoms with van der Waals surface area (Å²) < 4.78 is 49.1. The fourth-order valence-corrected chi connectivity index (χ4v) is 6.77. The fourth-order valence-electron chi connectivity index (χ4n) is 5.35. The van der Waals surface area contributed by atoms with Gasteiger partial charge in [-0.3, -0.25) is 13.5 Å². The van der Waals surface area contributed by atoms with E-state index in [1.165, 1.54) is 44.0 Å². The van der Waals surface area contributed by atoms with Crippen molar-refractivity contribution in [1.82, 2.24) is 24.1 Å². The zero-order chi connectivity index (χ0) is 31.5. The number of rotatable bonds is 7. The Labute approximate surface area is 256 Å². The molecule has 0 fully saturated rings. The summed E-state index contributed by atoms with van der Waals surface area (Å²) in [6, 6.07) is 12.3. The molecule has 226 valence electrons. The van der Waals surface area contributed by atoms with Crippen LogP contribution in [0.15, 0.2) is 65.0 Å². The highest BCUT2D eigenvalue weighted by Gasteiger charge is 2.27. The van der Waals surface area contributed by atoms with Crippen molar-refractivity contribution in [3.8, 4) is 28.1 Å². The molecule has 0 aliphatic rings. The third-order valence-electron chi connectivity index (χ3n) is 7.65. The van der Waals surface area contributed by atoms with Gasteiger partial charge in [0.2, 0.25) is 10.0 Å². The number of aromatic nitrogens is 5. The standard InChI is InChI=1S/C30H28FN7O4S2/c1-16-14-43-24-13-21(25(30(39)37(16)24)18-7-6-8-20(31)11-18)17(2)38-29-26(28(32)33-15-34-29)27(35-38)19-9-10-23(42-4)22(12-19)36(3)44(5,40)41/h6-15,17H,1-5H3,(H2,32,33,34)/t17-/m0/s1. The lowest BCUT2D eigenvalue weighted by Crippen LogP contribution is -2.25. The van der Waals surface area contributed by atoms with Crippen LogP contribution in [0.5, 0.6) is 5.75 Å². The number of ether oxygens (including phenoxy) is 1. The number of nitrogens with two attached hydrogens (primary N) is 1. The van der Waals surface area contributed by atoms with E-state index in [2.05, 4.69) is 9.97 Å². The highest BCUT2D eigenvalue weighted by atomic mass is 32.2. The van der Waals surface area contributed by atoms with Crippen molar-refractivity contribution in [3.05, 3.63) is 87.7 Å². The summed E-state index contributed by atoms with van der Waals surface area (Å²) in [5.74, 6) is 0.0594. The number of fused-ring (bicyclic) bond motifs is 2. The Morgan fingerprint density at radius 3 is 2.59 bits per heavy atom. The van der Waals surface area contributed by atoms with Crippen LogP contribution in [0.1, 0.15) is 24.2 Å². The van der Waals surface area contributed by atoms with Crippen LogP contribution in [0.2, 0.25) is 0 Å². The van der Waals surface area contributed by atoms with Crippen LogP contribution in [0, 0.1) is 12.7 Å². The lowest BCUT2D eigenvalue weighted by atomic mass is 9.97. The lowest BCUT2D eigenvalue weighted by Gasteiger charge is -2.20. The minimum absolute atomic E-state index is 0.173. The first kappa shape index (κ1) is 29.3. The number of nitrogens with zero attached hydrogens (tertiary/aromatic N) is 6. The van der Waals surface area contributed by atoms with E-state index in [9.17, 15) is 17.6 Å². The van der Waals surface area contributed by atoms with E-state index in [1.54, 1.807) is 39.4 Å². The van der Waals surface area contributed by atoms with E-state index >= 15 is 0 Å². The van der Waals surface area contributed by atoms with Gasteiger partial charge in [0.1, 0.15) is 34.2 Å². The number of benzene rings is 2. The number of sulfonamides is 1. The minimum atomic E-state index is -3.62. The van der Waals surface area contributed by atoms with Crippen molar-refractivity contribution in [2.75, 3.05) is 30.5 Å². The van der Waals surface area contributed by atoms with Gasteiger partial charge in [-0.25, -0.2) is 27.5 Å². The number of methoxy groups -OCH3 is 1. The summed E-state index contributed by atoms with van der Waals surface area (Å²) in [6.45, 7) is 3.72. The highest BCUT2D eigenvalue weighted by Crippen LogP contribution is 2.39. The second-order valence-corrected chi connectivity index (χ2v) is 13.3. The molecule has 1 atom stereocenters. The van der Waals surface area contributed by atoms with Crippen LogP contribution in [0.4, 0.5) is 15.9 Å². The Balaban J connectivity index is 1.61. The van der Waals surface area contributed by atoms with Crippen molar-refractivity contribution < 1.29 is 17.5 Å². The first-order chi connectivity index (χ1) is 20.9. The van der Waals surface area contributed by atoms with Crippen molar-refractivity contribution in [2.45, 2.75) is 19.9 Å². The van der Waals surface area contributed by atoms with E-state index < -0.39 is 21.9 Å². The minimum Gasteiger partial charge on any atom is -0.495 e. The molecule has 0 bridgehead atoms. The second kappa shape index (κ2) is 10.7. The van der Waals surface area contributed by atoms with Crippen LogP contribution in [0.25, 0.3) is 38.2 Å². The predicted octanol–water partition coefficient (Wildman–Crippen LogP) is 4.88. The predicted molar refractivity (Wildman–Crippen MR) is 170 cm³/mol. The Morgan fingerprint density at radius 2 is 1.89 bits per heavy atom. The molecule has 4 heterocycles. The first-order valence-corrected chi connectivity index (χ1v) is 16.1. The number of aryl methyl sites for hydroxylation is 1. The van der Waals surface area contributed by atoms with Crippen LogP contribution < -0.4 is 20.3 Å². The van der Waals surface area contributed by atoms with Gasteiger partial charge in [0.15, 0.2) is 5.65 Å². The van der Waals surface area contributed by atoms with E-state index in [0.717, 1.165) is 21.1 Å². The maximum atomic E-state index is 14.4. The molecule has 6 rings (SSSR count). The molecule has 0 radical (unpaired) electrons. The van der Waals surface area contributed by atoms with Crippen LogP contribution >= 0.6 is 11.3 Å². The Bertz CT molecular complexity index is 2260. The number of hydrogen-bond donors (Lipinski definition) is 1. The van der Waals surface area contributed by atoms with Crippen LogP contribution in [-0.2, 0) is 10.0 Å². The molecule has 4 aromatic heterocycles. The van der Waals surface area contributed by atoms with Crippen LogP contribution in [-0.4, -0.2) is 53.0 Å². The SMILES string of the molecule is COc1ccc(-c2nn([C@@H](C)c3cc4scc(C)n4c(=O)c3-c3cccc(F)c3)c3ncnc(N)c23)cc1N(C)S(C)(=O)=O. The molecule has 14 heteroatoms. The smallest absolute Gasteiger partial charge is 0.264 e. The summed E-state index contributed by atoms with van der Waals surface area (Å²) >= 11 is 1.43. The molecule has 0 spiro atoms. The molecule has 11 nitrogen and oxygen atoms in total. The van der Waals surface area contributed by atoms with E-state index in [1.807, 2.05) is 25.3 Å². The third-order valence-corrected chi connectivity index (χ3v) is 9.84. The van der Waals surface area contributed by atoms with E-state index in [0.29, 0.717) is 50.4 Å². The maximum Gasteiger partial charge on any atom is 0.264 e. The van der Waals surface area contributed by atoms with Crippen molar-refractivity contribution >= 4 is 48.7 Å². The van der Waals surface area contributed by atoms with Gasteiger partial charge in [0.05, 0.1) is 36.0 Å². The Morgan fingerprint density at radius 1 is 1.11 bits per heavy atom. The second-order valence-electron chi connectivity index (χ2n) is 10.4. The van der Waals surface area contributed by atoms with Gasteiger partial charge in [0.25, 0.3) is 5.56 Å². The topological polar surface area (TPSA) is 138 Å². The van der Waals surface area contributed by atoms with Crippen LogP contribution in [0.3, 0.4) is 0 Å². The molecule has 0 amide bonds. The zero-order valence-corrected chi connectivity index (χ0v) is 26.1. The van der Waals surface area contributed by atoms with Crippen molar-refractivity contribution in [3.63, 3.8) is 0 Å². The van der Waals surface area contributed by atoms with Gasteiger partial charge in [-0.05, 0) is 61.4 Å². The number of nitrogen functional groups attached to an aromatic ring is 1. The van der Waals surface area contributed by atoms with Gasteiger partial charge in [-0.2, -0.15) is 5.10 Å². The van der Waals surface area contributed by atoms with E-state index in [4.69, 9.17) is 15.6 Å². The molecule has 0 saturated carbocycles. The quantitative estimate of drug-likeness (QED) is 0.263. The first-order valence-electron chi connectivity index (χ1n) is 13.4. The number of hydrogen-bond acceptors (Lipinski definition) is 9. The number of halogens is 1. The normalized spacial score (nSPS) is 12.6. The summed E-state index contributed by atoms with van der Waals surface area (Å²) in [7, 11) is -0.728. The lowest BCUT2D eigenvalue weighted by molar-refractivity contribution is 0.416. The maximum absolute atomic E-state index is 14.4. The molecule has 44 heavy (non-hydrogen) atoms. The van der Waals surface area contributed by atoms with E-state index in [-0.39, 0.29) is 11.4 Å². The molecular weight excluding hydrogens is 606 g/mol. The molecular formula is C30H28FN7O4S2. The summed E-state index contributed by atoms with van der Waals surface area (Å²) in [6.07, 6.45) is 2.43. The van der Waals surface area contributed by atoms with Crippen molar-refractivity contribution in [1.29, 1.82) is 0 Å². The summed E-state index contributed by atoms with van der Waals surface area (Å²) in [5.41, 5.74) is 9.93. The fraction of sp³-hybridized carbons (Fsp3) is 0.200. The average Bonchev–Trinajstić information content (AvgIpc) is 3.57. The Kier molecular flexibility index (Phi) is 7.13. The molecule has 0 saturated heterocycles. The molecule has 0 aliphatic heterocycles. The molecule has 0 unspecified atom stereocenters. The highest BCUT2D eigenvalue weighted by molar-refractivity contribution is 7.92. The van der Waals surface area contributed by atoms with Crippen molar-refractivity contribution in [2.24, 2.45) is 0 Å². The number of anilines is 2. The zero-order valence-electron chi connectivity index (χ0n) is 24.4. The van der Waals surface area contributed by atoms with Gasteiger partial charge in [-0.1, -0.05) is 12.1 Å². The monoisotopic (exact) mass is 633 g/mol. The molecule has 0 aliphatic carbocycles. The molecule has 2 N–H and O–H groups in total. The largest absolute Gasteiger partial charge is 0.495 e. The summed E-state index contributed by atoms with van der Waals surface area (Å²) in [5, 5.41) is 7.27. The van der Waals surface area contributed by atoms with Gasteiger partial charge < -0.3 is 10.5 Å². The molecule has 6 aromatic rings.